The van der Waals surface area contributed by atoms with E-state index in [0.717, 1.165) is 133 Å². The van der Waals surface area contributed by atoms with Gasteiger partial charge >= 0.3 is 584 Å². The van der Waals surface area contributed by atoms with Crippen molar-refractivity contribution in [2.45, 2.75) is 38.5 Å². The molecule has 0 spiro atoms. The van der Waals surface area contributed by atoms with E-state index in [1.807, 2.05) is 0 Å². The summed E-state index contributed by atoms with van der Waals surface area (Å²) in [5.41, 5.74) is 32.5. The number of rotatable bonds is 10. The van der Waals surface area contributed by atoms with E-state index in [0.29, 0.717) is 0 Å². The van der Waals surface area contributed by atoms with Crippen molar-refractivity contribution in [1.29, 1.82) is 0 Å². The number of para-hydroxylation sites is 2. The number of benzene rings is 19. The Kier molecular flexibility index (Phi) is 15.8. The average molecular weight is 1690 g/mol. The predicted octanol–water partition coefficient (Wildman–Crippen LogP) is 30.8. The van der Waals surface area contributed by atoms with Crippen LogP contribution in [0.1, 0.15) is 66.8 Å². The minimum absolute atomic E-state index is 0.0574. The Morgan fingerprint density at radius 2 is 0.533 bits per heavy atom. The van der Waals surface area contributed by atoms with Crippen molar-refractivity contribution in [2.75, 3.05) is 9.80 Å². The van der Waals surface area contributed by atoms with Gasteiger partial charge in [-0.25, -0.2) is 0 Å². The molecule has 122 heavy (non-hydrogen) atoms. The van der Waals surface area contributed by atoms with Gasteiger partial charge in [0.25, 0.3) is 0 Å². The fourth-order valence-electron chi connectivity index (χ4n) is 21.0. The summed E-state index contributed by atoms with van der Waals surface area (Å²) >= 11 is 0.115. The zero-order valence-corrected chi connectivity index (χ0v) is 70.9. The van der Waals surface area contributed by atoms with Crippen molar-refractivity contribution >= 4 is 167 Å². The fraction of sp³-hybridized carbons (Fsp3) is 0.0517. The molecule has 0 unspecified atom stereocenters. The van der Waals surface area contributed by atoms with E-state index >= 15 is 0 Å². The molecule has 4 aromatic heterocycles. The molecule has 0 atom stereocenters. The van der Waals surface area contributed by atoms with E-state index in [1.165, 1.54) is 117 Å². The molecule has 0 amide bonds. The van der Waals surface area contributed by atoms with E-state index < -0.39 is 10.8 Å². The van der Waals surface area contributed by atoms with Gasteiger partial charge in [-0.3, -0.25) is 0 Å². The number of hydrogen-bond acceptors (Lipinski definition) is 4. The zero-order chi connectivity index (χ0) is 80.8. The first-order chi connectivity index (χ1) is 60.0. The van der Waals surface area contributed by atoms with Crippen molar-refractivity contribution in [2.24, 2.45) is 0 Å². The van der Waals surface area contributed by atoms with Gasteiger partial charge in [0.15, 0.2) is 0 Å². The molecular weight excluding hydrogens is 1610 g/mol. The van der Waals surface area contributed by atoms with Crippen LogP contribution in [-0.4, -0.2) is 29.0 Å². The molecule has 6 heteroatoms. The number of anilines is 6. The van der Waals surface area contributed by atoms with Crippen LogP contribution in [0.5, 0.6) is 0 Å². The van der Waals surface area contributed by atoms with Crippen LogP contribution in [0.25, 0.3) is 149 Å². The monoisotopic (exact) mass is 1690 g/mol. The Hall–Kier alpha value is -14.1. The maximum atomic E-state index is 6.94. The predicted molar refractivity (Wildman–Crippen MR) is 514 cm³/mol. The van der Waals surface area contributed by atoms with Crippen LogP contribution in [0, 0.1) is 27.7 Å². The molecule has 0 aliphatic carbocycles. The molecule has 6 heterocycles. The van der Waals surface area contributed by atoms with Crippen molar-refractivity contribution in [3.63, 3.8) is 0 Å². The van der Waals surface area contributed by atoms with Crippen LogP contribution in [0.4, 0.5) is 34.1 Å². The molecule has 0 fully saturated rings. The van der Waals surface area contributed by atoms with Crippen LogP contribution in [0.15, 0.2) is 397 Å². The standard InChI is InChI=1S/C116H76N2O2Se2/c1-69-31-43-79(44-32-69)115(80-45-33-70(2)34-46-80)97-25-13-15-27-101(97)117(103-67-111-93(65-99(103)115)85-23-11-17-29-109(85)121-111)83-51-53-87-95(63-83)113(77-41-57-107-91(61-77)89-59-75(39-55-105(89)119-107)73-19-7-5-8-20-73)88-54-52-84(64-96(88)114(87)78-42-58-108-92(62-78)90-60-76(40-56-106(90)120-108)74-21-9-6-10-22-74)118-102-28-16-14-26-98(102)116(81-47-35-71(3)36-48-81,82-49-37-72(4)38-50-82)100-66-94-86-24-12-18-30-110(86)122-112(94)68-104(100)118/h5-68H,1-4H3. The van der Waals surface area contributed by atoms with Gasteiger partial charge in [0.2, 0.25) is 0 Å². The zero-order valence-electron chi connectivity index (χ0n) is 67.5. The minimum atomic E-state index is -0.725. The van der Waals surface area contributed by atoms with E-state index in [-0.39, 0.29) is 29.0 Å². The third-order valence-corrected chi connectivity index (χ3v) is 31.4. The molecule has 0 saturated carbocycles. The summed E-state index contributed by atoms with van der Waals surface area (Å²) in [6, 6.07) is 149. The van der Waals surface area contributed by atoms with Gasteiger partial charge in [-0.2, -0.15) is 0 Å². The van der Waals surface area contributed by atoms with Crippen LogP contribution >= 0.6 is 0 Å². The third kappa shape index (κ3) is 10.6. The normalized spacial score (nSPS) is 13.5. The summed E-state index contributed by atoms with van der Waals surface area (Å²) in [5, 5.41) is 14.0. The van der Waals surface area contributed by atoms with Gasteiger partial charge in [0, 0.05) is 0 Å². The molecular formula is C116H76N2O2Se2. The summed E-state index contributed by atoms with van der Waals surface area (Å²) in [6.07, 6.45) is 0. The maximum absolute atomic E-state index is 6.94. The van der Waals surface area contributed by atoms with Crippen molar-refractivity contribution in [3.8, 4) is 44.5 Å². The quantitative estimate of drug-likeness (QED) is 0.101. The molecule has 2 aliphatic heterocycles. The van der Waals surface area contributed by atoms with Crippen molar-refractivity contribution in [3.05, 3.63) is 455 Å². The first kappa shape index (κ1) is 70.9. The summed E-state index contributed by atoms with van der Waals surface area (Å²) in [5.74, 6) is 0. The van der Waals surface area contributed by atoms with E-state index in [2.05, 4.69) is 426 Å². The molecule has 0 N–H and O–H groups in total. The molecule has 0 saturated heterocycles. The van der Waals surface area contributed by atoms with Gasteiger partial charge in [-0.05, 0) is 46.5 Å². The van der Waals surface area contributed by atoms with E-state index in [9.17, 15) is 0 Å². The number of nitrogens with zero attached hydrogens (tertiary/aromatic N) is 2. The Morgan fingerprint density at radius 3 is 0.910 bits per heavy atom. The fourth-order valence-corrected chi connectivity index (χ4v) is 25.7. The second-order valence-electron chi connectivity index (χ2n) is 33.6. The molecule has 574 valence electrons. The van der Waals surface area contributed by atoms with Gasteiger partial charge in [-0.15, -0.1) is 0 Å². The summed E-state index contributed by atoms with van der Waals surface area (Å²) in [6.45, 7) is 8.82. The second-order valence-corrected chi connectivity index (χ2v) is 38.1. The first-order valence-corrected chi connectivity index (χ1v) is 45.6. The molecule has 23 aromatic rings. The Bertz CT molecular complexity index is 7710. The third-order valence-electron chi connectivity index (χ3n) is 26.6. The number of aryl methyl sites for hydroxylation is 4. The number of hydrogen-bond donors (Lipinski definition) is 0. The number of fused-ring (bicyclic) bond motifs is 18. The van der Waals surface area contributed by atoms with Crippen LogP contribution < -0.4 is 9.80 Å². The summed E-state index contributed by atoms with van der Waals surface area (Å²) in [7, 11) is 0. The second kappa shape index (κ2) is 27.2. The Morgan fingerprint density at radius 1 is 0.205 bits per heavy atom. The van der Waals surface area contributed by atoms with Crippen molar-refractivity contribution < 1.29 is 8.83 Å². The molecule has 0 radical (unpaired) electrons. The Labute approximate surface area is 718 Å². The molecule has 25 rings (SSSR count). The molecule has 4 nitrogen and oxygen atoms in total. The molecule has 2 aliphatic rings. The van der Waals surface area contributed by atoms with Crippen molar-refractivity contribution in [1.82, 2.24) is 0 Å². The van der Waals surface area contributed by atoms with E-state index in [4.69, 9.17) is 8.83 Å². The van der Waals surface area contributed by atoms with Crippen LogP contribution in [0.2, 0.25) is 0 Å². The average Bonchev–Trinajstić information content (AvgIpc) is 1.04. The summed E-state index contributed by atoms with van der Waals surface area (Å²) in [4.78, 5) is 5.25. The van der Waals surface area contributed by atoms with Crippen LogP contribution in [0.3, 0.4) is 0 Å². The van der Waals surface area contributed by atoms with Crippen LogP contribution in [-0.2, 0) is 10.8 Å². The number of furan rings is 2. The SMILES string of the molecule is Cc1ccc(C2(c3ccc(C)cc3)c3ccccc3N(c3ccc4c(-c5ccc6oc7ccc(-c8ccccc8)cc7c6c5)c5cc(N6c7ccccc7C(c7ccc(C)cc7)(c7ccc(C)cc7)c7cc8c(cc76)[se]c6ccccc68)ccc5c(-c5ccc6oc7ccc(-c8ccccc8)cc7c6c5)c4c3)c3cc4[se]c5ccccc5c4cc32)cc1. The topological polar surface area (TPSA) is 32.8 Å². The first-order valence-electron chi connectivity index (χ1n) is 42.1. The van der Waals surface area contributed by atoms with Gasteiger partial charge in [0.1, 0.15) is 11.2 Å². The molecule has 19 aromatic carbocycles. The van der Waals surface area contributed by atoms with Gasteiger partial charge in [0.05, 0.1) is 0 Å². The summed E-state index contributed by atoms with van der Waals surface area (Å²) < 4.78 is 19.5. The van der Waals surface area contributed by atoms with Gasteiger partial charge < -0.3 is 8.83 Å². The Balaban J connectivity index is 0.810. The van der Waals surface area contributed by atoms with E-state index in [1.54, 1.807) is 0 Å². The molecule has 0 bridgehead atoms. The van der Waals surface area contributed by atoms with Gasteiger partial charge in [-0.1, -0.05) is 72.8 Å².